The number of aliphatic hydroxyl groups is 1. The predicted molar refractivity (Wildman–Crippen MR) is 72.4 cm³/mol. The quantitative estimate of drug-likeness (QED) is 0.726. The van der Waals surface area contributed by atoms with Gasteiger partial charge in [-0.3, -0.25) is 4.79 Å². The highest BCUT2D eigenvalue weighted by molar-refractivity contribution is 9.11. The molecule has 0 fully saturated rings. The Bertz CT molecular complexity index is 444. The lowest BCUT2D eigenvalue weighted by Crippen LogP contribution is -2.41. The molecule has 5 nitrogen and oxygen atoms in total. The van der Waals surface area contributed by atoms with Gasteiger partial charge in [-0.25, -0.2) is 4.79 Å². The van der Waals surface area contributed by atoms with Crippen molar-refractivity contribution in [2.75, 3.05) is 6.61 Å². The van der Waals surface area contributed by atoms with Gasteiger partial charge < -0.3 is 15.5 Å². The van der Waals surface area contributed by atoms with Crippen LogP contribution < -0.4 is 5.32 Å². The van der Waals surface area contributed by atoms with E-state index in [2.05, 4.69) is 37.2 Å². The number of carbonyl (C=O) groups is 2. The van der Waals surface area contributed by atoms with Crippen LogP contribution in [0.3, 0.4) is 0 Å². The highest BCUT2D eigenvalue weighted by Gasteiger charge is 2.20. The van der Waals surface area contributed by atoms with Gasteiger partial charge in [0.2, 0.25) is 0 Å². The molecular formula is C11H11Br2NO4. The molecule has 18 heavy (non-hydrogen) atoms. The molecule has 0 aliphatic carbocycles. The Morgan fingerprint density at radius 3 is 2.22 bits per heavy atom. The normalized spacial score (nSPS) is 11.9. The molecule has 1 rings (SSSR count). The number of carboxylic acids is 1. The number of hydrogen-bond donors (Lipinski definition) is 3. The van der Waals surface area contributed by atoms with E-state index in [0.29, 0.717) is 14.5 Å². The number of aliphatic carboxylic acids is 1. The maximum atomic E-state index is 11.8. The molecule has 0 aliphatic heterocycles. The standard InChI is InChI=1S/C11H11Br2NO4/c12-7-3-6(4-8(13)5-7)10(16)14-9(1-2-15)11(17)18/h3-5,9,15H,1-2H2,(H,14,16)(H,17,18)/t9-/m1/s1. The monoisotopic (exact) mass is 379 g/mol. The zero-order chi connectivity index (χ0) is 13.7. The van der Waals surface area contributed by atoms with Crippen LogP contribution in [0.2, 0.25) is 0 Å². The van der Waals surface area contributed by atoms with Crippen LogP contribution in [0, 0.1) is 0 Å². The maximum absolute atomic E-state index is 11.8. The molecule has 0 spiro atoms. The van der Waals surface area contributed by atoms with Gasteiger partial charge in [-0.05, 0) is 18.2 Å². The zero-order valence-electron chi connectivity index (χ0n) is 9.19. The fourth-order valence-corrected chi connectivity index (χ4v) is 2.61. The second-order valence-electron chi connectivity index (χ2n) is 3.53. The van der Waals surface area contributed by atoms with Crippen LogP contribution in [0.4, 0.5) is 0 Å². The molecule has 0 bridgehead atoms. The summed E-state index contributed by atoms with van der Waals surface area (Å²) < 4.78 is 1.41. The molecule has 1 atom stereocenters. The van der Waals surface area contributed by atoms with Crippen molar-refractivity contribution >= 4 is 43.7 Å². The Hall–Kier alpha value is -0.920. The molecule has 3 N–H and O–H groups in total. The van der Waals surface area contributed by atoms with Crippen molar-refractivity contribution in [1.82, 2.24) is 5.32 Å². The average molecular weight is 381 g/mol. The number of benzene rings is 1. The van der Waals surface area contributed by atoms with E-state index < -0.39 is 17.9 Å². The molecule has 98 valence electrons. The molecule has 0 aromatic heterocycles. The number of carboxylic acid groups (broad SMARTS) is 1. The van der Waals surface area contributed by atoms with Gasteiger partial charge >= 0.3 is 5.97 Å². The smallest absolute Gasteiger partial charge is 0.326 e. The molecule has 1 aromatic carbocycles. The second-order valence-corrected chi connectivity index (χ2v) is 5.37. The number of nitrogens with one attached hydrogen (secondary N) is 1. The van der Waals surface area contributed by atoms with E-state index in [-0.39, 0.29) is 13.0 Å². The summed E-state index contributed by atoms with van der Waals surface area (Å²) in [6, 6.07) is 3.83. The van der Waals surface area contributed by atoms with E-state index in [0.717, 1.165) is 0 Å². The van der Waals surface area contributed by atoms with Gasteiger partial charge in [-0.2, -0.15) is 0 Å². The van der Waals surface area contributed by atoms with Crippen LogP contribution in [0.1, 0.15) is 16.8 Å². The first kappa shape index (κ1) is 15.1. The minimum Gasteiger partial charge on any atom is -0.480 e. The predicted octanol–water partition coefficient (Wildman–Crippen LogP) is 1.78. The van der Waals surface area contributed by atoms with E-state index in [4.69, 9.17) is 10.2 Å². The topological polar surface area (TPSA) is 86.6 Å². The molecular weight excluding hydrogens is 370 g/mol. The van der Waals surface area contributed by atoms with Crippen LogP contribution in [0.15, 0.2) is 27.1 Å². The Labute approximate surface area is 120 Å². The van der Waals surface area contributed by atoms with Crippen molar-refractivity contribution in [3.05, 3.63) is 32.7 Å². The molecule has 0 heterocycles. The summed E-state index contributed by atoms with van der Waals surface area (Å²) >= 11 is 6.48. The molecule has 0 saturated heterocycles. The van der Waals surface area contributed by atoms with Crippen LogP contribution in [0.5, 0.6) is 0 Å². The van der Waals surface area contributed by atoms with Crippen molar-refractivity contribution in [2.45, 2.75) is 12.5 Å². The number of halogens is 2. The summed E-state index contributed by atoms with van der Waals surface area (Å²) in [4.78, 5) is 22.7. The van der Waals surface area contributed by atoms with Crippen molar-refractivity contribution < 1.29 is 19.8 Å². The molecule has 7 heteroatoms. The van der Waals surface area contributed by atoms with Crippen LogP contribution in [-0.4, -0.2) is 34.7 Å². The Balaban J connectivity index is 2.83. The summed E-state index contributed by atoms with van der Waals surface area (Å²) in [5.41, 5.74) is 0.334. The number of carbonyl (C=O) groups excluding carboxylic acids is 1. The van der Waals surface area contributed by atoms with E-state index >= 15 is 0 Å². The first-order valence-corrected chi connectivity index (χ1v) is 6.63. The van der Waals surface area contributed by atoms with Crippen molar-refractivity contribution in [1.29, 1.82) is 0 Å². The molecule has 0 radical (unpaired) electrons. The van der Waals surface area contributed by atoms with E-state index in [1.54, 1.807) is 18.2 Å². The van der Waals surface area contributed by atoms with Crippen LogP contribution in [0.25, 0.3) is 0 Å². The summed E-state index contributed by atoms with van der Waals surface area (Å²) in [5.74, 6) is -1.68. The lowest BCUT2D eigenvalue weighted by atomic mass is 10.1. The number of amides is 1. The van der Waals surface area contributed by atoms with Crippen molar-refractivity contribution in [3.63, 3.8) is 0 Å². The Morgan fingerprint density at radius 1 is 1.22 bits per heavy atom. The largest absolute Gasteiger partial charge is 0.480 e. The SMILES string of the molecule is O=C(N[C@H](CCO)C(=O)O)c1cc(Br)cc(Br)c1. The Morgan fingerprint density at radius 2 is 1.78 bits per heavy atom. The first-order valence-electron chi connectivity index (χ1n) is 5.04. The summed E-state index contributed by atoms with van der Waals surface area (Å²) in [6.07, 6.45) is -0.0315. The minimum atomic E-state index is -1.17. The Kier molecular flexibility index (Phi) is 5.77. The lowest BCUT2D eigenvalue weighted by molar-refractivity contribution is -0.139. The third-order valence-electron chi connectivity index (χ3n) is 2.15. The minimum absolute atomic E-state index is 0.0315. The highest BCUT2D eigenvalue weighted by atomic mass is 79.9. The van der Waals surface area contributed by atoms with Gasteiger partial charge in [0.1, 0.15) is 6.04 Å². The van der Waals surface area contributed by atoms with Gasteiger partial charge in [-0.15, -0.1) is 0 Å². The molecule has 0 aliphatic rings. The average Bonchev–Trinajstić information content (AvgIpc) is 2.26. The van der Waals surface area contributed by atoms with E-state index in [9.17, 15) is 9.59 Å². The van der Waals surface area contributed by atoms with E-state index in [1.807, 2.05) is 0 Å². The van der Waals surface area contributed by atoms with Crippen molar-refractivity contribution in [2.24, 2.45) is 0 Å². The van der Waals surface area contributed by atoms with Gasteiger partial charge in [0.05, 0.1) is 0 Å². The van der Waals surface area contributed by atoms with Gasteiger partial charge in [0, 0.05) is 27.5 Å². The van der Waals surface area contributed by atoms with Gasteiger partial charge in [0.15, 0.2) is 0 Å². The summed E-state index contributed by atoms with van der Waals surface area (Å²) in [6.45, 7) is -0.306. The first-order chi connectivity index (χ1) is 8.43. The fraction of sp³-hybridized carbons (Fsp3) is 0.273. The van der Waals surface area contributed by atoms with Crippen LogP contribution in [-0.2, 0) is 4.79 Å². The van der Waals surface area contributed by atoms with Gasteiger partial charge in [0.25, 0.3) is 5.91 Å². The molecule has 0 saturated carbocycles. The summed E-state index contributed by atoms with van der Waals surface area (Å²) in [7, 11) is 0. The number of hydrogen-bond acceptors (Lipinski definition) is 3. The highest BCUT2D eigenvalue weighted by Crippen LogP contribution is 2.20. The van der Waals surface area contributed by atoms with Crippen LogP contribution >= 0.6 is 31.9 Å². The summed E-state index contributed by atoms with van der Waals surface area (Å²) in [5, 5.41) is 19.9. The molecule has 0 unspecified atom stereocenters. The van der Waals surface area contributed by atoms with Crippen molar-refractivity contribution in [3.8, 4) is 0 Å². The van der Waals surface area contributed by atoms with E-state index in [1.165, 1.54) is 0 Å². The third kappa shape index (κ3) is 4.40. The third-order valence-corrected chi connectivity index (χ3v) is 3.06. The fourth-order valence-electron chi connectivity index (χ4n) is 1.31. The van der Waals surface area contributed by atoms with Gasteiger partial charge in [-0.1, -0.05) is 31.9 Å². The second kappa shape index (κ2) is 6.86. The maximum Gasteiger partial charge on any atom is 0.326 e. The number of aliphatic hydroxyl groups excluding tert-OH is 1. The molecule has 1 amide bonds. The number of rotatable bonds is 5. The molecule has 1 aromatic rings. The lowest BCUT2D eigenvalue weighted by Gasteiger charge is -2.13. The zero-order valence-corrected chi connectivity index (χ0v) is 12.4.